The van der Waals surface area contributed by atoms with Gasteiger partial charge in [0.25, 0.3) is 12.0 Å². The van der Waals surface area contributed by atoms with E-state index in [0.29, 0.717) is 45.3 Å². The topological polar surface area (TPSA) is 114 Å². The number of hydrogen-bond acceptors (Lipinski definition) is 5. The number of H-pyrrole nitrogens is 3. The maximum absolute atomic E-state index is 13.2. The molecule has 2 fully saturated rings. The number of nitrogens with zero attached hydrogens (tertiary/aromatic N) is 3. The zero-order valence-corrected chi connectivity index (χ0v) is 19.1. The molecule has 35 heavy (non-hydrogen) atoms. The molecule has 0 radical (unpaired) electrons. The molecule has 10 heteroatoms. The van der Waals surface area contributed by atoms with Crippen LogP contribution >= 0.6 is 0 Å². The summed E-state index contributed by atoms with van der Waals surface area (Å²) in [6.45, 7) is -0.730. The lowest BCUT2D eigenvalue weighted by molar-refractivity contribution is 0.0812. The van der Waals surface area contributed by atoms with Gasteiger partial charge in [0.05, 0.1) is 16.6 Å². The Bertz CT molecular complexity index is 1520. The van der Waals surface area contributed by atoms with Gasteiger partial charge in [-0.3, -0.25) is 4.79 Å². The Kier molecular flexibility index (Phi) is 5.11. The molecule has 2 bridgehead atoms. The molecule has 3 N–H and O–H groups in total. The quantitative estimate of drug-likeness (QED) is 0.397. The Labute approximate surface area is 198 Å². The maximum atomic E-state index is 13.2. The van der Waals surface area contributed by atoms with Crippen molar-refractivity contribution in [2.75, 3.05) is 13.7 Å². The van der Waals surface area contributed by atoms with Gasteiger partial charge in [0.15, 0.2) is 5.75 Å². The van der Waals surface area contributed by atoms with Crippen LogP contribution in [0.5, 0.6) is 5.75 Å². The number of pyridine rings is 1. The summed E-state index contributed by atoms with van der Waals surface area (Å²) in [5, 5.41) is 9.92. The van der Waals surface area contributed by atoms with Crippen molar-refractivity contribution in [1.82, 2.24) is 24.8 Å². The number of nitrogens with one attached hydrogen (secondary N) is 3. The molecule has 4 aromatic rings. The molecule has 0 amide bonds. The highest BCUT2D eigenvalue weighted by Crippen LogP contribution is 2.46. The van der Waals surface area contributed by atoms with Crippen molar-refractivity contribution in [1.29, 1.82) is 5.26 Å². The second-order valence-corrected chi connectivity index (χ2v) is 9.48. The second-order valence-electron chi connectivity index (χ2n) is 9.48. The number of nitriles is 1. The molecular formula is C25H24F2N6O2. The Morgan fingerprint density at radius 3 is 2.71 bits per heavy atom. The summed E-state index contributed by atoms with van der Waals surface area (Å²) in [5.74, 6) is 0.821. The number of alkyl halides is 2. The van der Waals surface area contributed by atoms with Gasteiger partial charge in [0.2, 0.25) is 0 Å². The van der Waals surface area contributed by atoms with Gasteiger partial charge in [-0.15, -0.1) is 0 Å². The van der Waals surface area contributed by atoms with Crippen molar-refractivity contribution < 1.29 is 13.5 Å². The third-order valence-corrected chi connectivity index (χ3v) is 7.63. The molecule has 5 heterocycles. The number of aromatic amines is 3. The molecule has 2 saturated heterocycles. The van der Waals surface area contributed by atoms with E-state index in [0.717, 1.165) is 31.2 Å². The molecule has 0 saturated carbocycles. The summed E-state index contributed by atoms with van der Waals surface area (Å²) in [4.78, 5) is 28.7. The van der Waals surface area contributed by atoms with Crippen LogP contribution in [0, 0.1) is 11.3 Å². The molecular weight excluding hydrogens is 454 g/mol. The summed E-state index contributed by atoms with van der Waals surface area (Å²) >= 11 is 0. The number of piperidine rings is 1. The van der Waals surface area contributed by atoms with Gasteiger partial charge in [-0.25, -0.2) is 13.8 Å². The van der Waals surface area contributed by atoms with E-state index >= 15 is 0 Å². The highest BCUT2D eigenvalue weighted by molar-refractivity contribution is 5.97. The Morgan fingerprint density at radius 2 is 2.00 bits per heavy atom. The van der Waals surface area contributed by atoms with Gasteiger partial charge in [-0.2, -0.15) is 5.26 Å². The lowest BCUT2D eigenvalue weighted by Crippen LogP contribution is -2.39. The van der Waals surface area contributed by atoms with Gasteiger partial charge < -0.3 is 24.6 Å². The predicted octanol–water partition coefficient (Wildman–Crippen LogP) is 4.26. The van der Waals surface area contributed by atoms with Crippen molar-refractivity contribution in [2.45, 2.75) is 50.1 Å². The van der Waals surface area contributed by atoms with Crippen molar-refractivity contribution >= 4 is 21.9 Å². The monoisotopic (exact) mass is 478 g/mol. The third-order valence-electron chi connectivity index (χ3n) is 7.63. The van der Waals surface area contributed by atoms with E-state index in [9.17, 15) is 18.8 Å². The molecule has 0 spiro atoms. The van der Waals surface area contributed by atoms with E-state index < -0.39 is 13.0 Å². The molecule has 2 unspecified atom stereocenters. The average molecular weight is 479 g/mol. The largest absolute Gasteiger partial charge is 0.485 e. The van der Waals surface area contributed by atoms with Gasteiger partial charge in [0, 0.05) is 29.9 Å². The third kappa shape index (κ3) is 3.49. The summed E-state index contributed by atoms with van der Waals surface area (Å²) in [6.07, 6.45) is 4.58. The lowest BCUT2D eigenvalue weighted by Gasteiger charge is -2.37. The van der Waals surface area contributed by atoms with E-state index in [-0.39, 0.29) is 22.9 Å². The number of imidazole rings is 1. The molecule has 180 valence electrons. The van der Waals surface area contributed by atoms with Crippen LogP contribution in [0.15, 0.2) is 29.3 Å². The number of ether oxygens (including phenoxy) is 1. The number of benzene rings is 1. The van der Waals surface area contributed by atoms with E-state index in [1.165, 1.54) is 12.4 Å². The number of hydrogen-bond donors (Lipinski definition) is 3. The molecule has 6 rings (SSSR count). The summed E-state index contributed by atoms with van der Waals surface area (Å²) < 4.78 is 32.0. The first-order chi connectivity index (χ1) is 16.9. The van der Waals surface area contributed by atoms with Crippen LogP contribution in [0.25, 0.3) is 33.3 Å². The standard InChI is InChI=1S/C25H24F2N6O2/c1-33-14-2-3-15(33)7-12(6-14)16-4-5-18-22(23(16)35-11-19(26)27)32-24(31-18)20-21-17(10-30-25(20)34)13(8-28)9-29-21/h4-5,9-10,12,14-15,19,29H,2-3,6-7,11H2,1H3,(H,30,34)(H,31,32). The highest BCUT2D eigenvalue weighted by atomic mass is 19.3. The van der Waals surface area contributed by atoms with Crippen LogP contribution in [-0.2, 0) is 0 Å². The molecule has 8 nitrogen and oxygen atoms in total. The van der Waals surface area contributed by atoms with E-state index in [2.05, 4.69) is 38.0 Å². The van der Waals surface area contributed by atoms with Crippen LogP contribution in [-0.4, -0.2) is 57.0 Å². The van der Waals surface area contributed by atoms with E-state index in [1.54, 1.807) is 0 Å². The van der Waals surface area contributed by atoms with Crippen molar-refractivity contribution in [3.63, 3.8) is 0 Å². The minimum atomic E-state index is -2.62. The van der Waals surface area contributed by atoms with Crippen LogP contribution in [0.3, 0.4) is 0 Å². The zero-order valence-electron chi connectivity index (χ0n) is 19.1. The number of halogens is 2. The molecule has 1 aromatic carbocycles. The predicted molar refractivity (Wildman–Crippen MR) is 127 cm³/mol. The van der Waals surface area contributed by atoms with E-state index in [1.807, 2.05) is 12.1 Å². The van der Waals surface area contributed by atoms with Gasteiger partial charge in [0.1, 0.15) is 29.6 Å². The molecule has 2 atom stereocenters. The molecule has 2 aliphatic rings. The van der Waals surface area contributed by atoms with Gasteiger partial charge >= 0.3 is 0 Å². The first kappa shape index (κ1) is 21.8. The maximum Gasteiger partial charge on any atom is 0.272 e. The van der Waals surface area contributed by atoms with Crippen molar-refractivity contribution in [3.05, 3.63) is 46.0 Å². The fraction of sp³-hybridized carbons (Fsp3) is 0.400. The van der Waals surface area contributed by atoms with Crippen LogP contribution in [0.2, 0.25) is 0 Å². The first-order valence-corrected chi connectivity index (χ1v) is 11.7. The van der Waals surface area contributed by atoms with Crippen LogP contribution in [0.4, 0.5) is 8.78 Å². The summed E-state index contributed by atoms with van der Waals surface area (Å²) in [5.41, 5.74) is 2.64. The Morgan fingerprint density at radius 1 is 1.23 bits per heavy atom. The highest BCUT2D eigenvalue weighted by Gasteiger charge is 2.40. The Balaban J connectivity index is 1.49. The summed E-state index contributed by atoms with van der Waals surface area (Å²) in [7, 11) is 2.16. The smallest absolute Gasteiger partial charge is 0.272 e. The minimum Gasteiger partial charge on any atom is -0.485 e. The average Bonchev–Trinajstić information content (AvgIpc) is 3.50. The van der Waals surface area contributed by atoms with Gasteiger partial charge in [-0.05, 0) is 50.3 Å². The second kappa shape index (κ2) is 8.20. The SMILES string of the molecule is CN1C2CCC1CC(c1ccc3[nH]c(-c4c(=O)[nH]cc5c(C#N)c[nH]c45)nc3c1OCC(F)F)C2. The normalized spacial score (nSPS) is 22.3. The fourth-order valence-corrected chi connectivity index (χ4v) is 5.90. The van der Waals surface area contributed by atoms with Crippen LogP contribution < -0.4 is 10.3 Å². The number of fused-ring (bicyclic) bond motifs is 4. The zero-order chi connectivity index (χ0) is 24.3. The van der Waals surface area contributed by atoms with Crippen LogP contribution in [0.1, 0.15) is 42.7 Å². The number of rotatable bonds is 5. The van der Waals surface area contributed by atoms with Crippen molar-refractivity contribution in [2.24, 2.45) is 0 Å². The lowest BCUT2D eigenvalue weighted by atomic mass is 9.84. The molecule has 3 aromatic heterocycles. The van der Waals surface area contributed by atoms with E-state index in [4.69, 9.17) is 4.74 Å². The minimum absolute atomic E-state index is 0.189. The molecule has 0 aliphatic carbocycles. The first-order valence-electron chi connectivity index (χ1n) is 11.7. The summed E-state index contributed by atoms with van der Waals surface area (Å²) in [6, 6.07) is 6.86. The van der Waals surface area contributed by atoms with Gasteiger partial charge in [-0.1, -0.05) is 6.07 Å². The fourth-order valence-electron chi connectivity index (χ4n) is 5.90. The van der Waals surface area contributed by atoms with Crippen molar-refractivity contribution in [3.8, 4) is 23.2 Å². The number of aromatic nitrogens is 4. The Hall–Kier alpha value is -3.71. The molecule has 2 aliphatic heterocycles.